The molecule has 1 heterocycles. The first-order valence-corrected chi connectivity index (χ1v) is 6.94. The molecule has 0 fully saturated rings. The molecule has 1 unspecified atom stereocenters. The number of halogens is 1. The van der Waals surface area contributed by atoms with Crippen LogP contribution in [0.3, 0.4) is 0 Å². The lowest BCUT2D eigenvalue weighted by atomic mass is 10.0. The SMILES string of the molecule is CCc1nn(C)c(Cl)c1CNCCC(O)C(C)C. The van der Waals surface area contributed by atoms with Crippen LogP contribution in [0.1, 0.15) is 38.4 Å². The molecular weight excluding hydrogens is 250 g/mol. The van der Waals surface area contributed by atoms with Gasteiger partial charge in [0.2, 0.25) is 0 Å². The van der Waals surface area contributed by atoms with E-state index in [0.717, 1.165) is 30.6 Å². The zero-order chi connectivity index (χ0) is 13.7. The molecule has 104 valence electrons. The third-order valence-corrected chi connectivity index (χ3v) is 3.65. The number of aromatic nitrogens is 2. The minimum absolute atomic E-state index is 0.243. The zero-order valence-electron chi connectivity index (χ0n) is 11.7. The number of hydrogen-bond acceptors (Lipinski definition) is 3. The fraction of sp³-hybridized carbons (Fsp3) is 0.769. The van der Waals surface area contributed by atoms with Crippen LogP contribution in [0.5, 0.6) is 0 Å². The fourth-order valence-electron chi connectivity index (χ4n) is 1.86. The van der Waals surface area contributed by atoms with Gasteiger partial charge in [-0.3, -0.25) is 4.68 Å². The van der Waals surface area contributed by atoms with Gasteiger partial charge in [-0.2, -0.15) is 5.10 Å². The number of nitrogens with zero attached hydrogens (tertiary/aromatic N) is 2. The van der Waals surface area contributed by atoms with Crippen LogP contribution in [0.15, 0.2) is 0 Å². The summed E-state index contributed by atoms with van der Waals surface area (Å²) in [6, 6.07) is 0. The first-order valence-electron chi connectivity index (χ1n) is 6.56. The Hall–Kier alpha value is -0.580. The van der Waals surface area contributed by atoms with Crippen LogP contribution >= 0.6 is 11.6 Å². The number of aliphatic hydroxyl groups excluding tert-OH is 1. The maximum Gasteiger partial charge on any atom is 0.131 e. The second kappa shape index (κ2) is 7.12. The van der Waals surface area contributed by atoms with Crippen molar-refractivity contribution in [1.29, 1.82) is 0 Å². The van der Waals surface area contributed by atoms with Crippen molar-refractivity contribution in [1.82, 2.24) is 15.1 Å². The Morgan fingerprint density at radius 1 is 1.44 bits per heavy atom. The summed E-state index contributed by atoms with van der Waals surface area (Å²) in [5.74, 6) is 0.306. The van der Waals surface area contributed by atoms with Crippen LogP contribution < -0.4 is 5.32 Å². The van der Waals surface area contributed by atoms with Crippen LogP contribution in [0, 0.1) is 5.92 Å². The predicted molar refractivity (Wildman–Crippen MR) is 74.8 cm³/mol. The van der Waals surface area contributed by atoms with Gasteiger partial charge in [-0.25, -0.2) is 0 Å². The molecule has 18 heavy (non-hydrogen) atoms. The molecule has 0 saturated heterocycles. The van der Waals surface area contributed by atoms with E-state index < -0.39 is 0 Å². The Morgan fingerprint density at radius 2 is 2.11 bits per heavy atom. The lowest BCUT2D eigenvalue weighted by Gasteiger charge is -2.14. The van der Waals surface area contributed by atoms with Crippen molar-refractivity contribution in [3.63, 3.8) is 0 Å². The molecule has 0 amide bonds. The molecule has 1 rings (SSSR count). The van der Waals surface area contributed by atoms with Crippen LogP contribution in [0.4, 0.5) is 0 Å². The molecule has 1 aromatic heterocycles. The molecule has 1 atom stereocenters. The Kier molecular flexibility index (Phi) is 6.12. The van der Waals surface area contributed by atoms with Crippen molar-refractivity contribution in [2.24, 2.45) is 13.0 Å². The summed E-state index contributed by atoms with van der Waals surface area (Å²) in [6.45, 7) is 7.62. The lowest BCUT2D eigenvalue weighted by molar-refractivity contribution is 0.116. The fourth-order valence-corrected chi connectivity index (χ4v) is 2.07. The Labute approximate surface area is 114 Å². The molecule has 0 bridgehead atoms. The Balaban J connectivity index is 2.44. The lowest BCUT2D eigenvalue weighted by Crippen LogP contribution is -2.23. The van der Waals surface area contributed by atoms with Crippen LogP contribution in [0.25, 0.3) is 0 Å². The highest BCUT2D eigenvalue weighted by Gasteiger charge is 2.13. The van der Waals surface area contributed by atoms with Crippen molar-refractivity contribution in [2.75, 3.05) is 6.54 Å². The average Bonchev–Trinajstić information content (AvgIpc) is 2.61. The molecule has 0 spiro atoms. The normalized spacial score (nSPS) is 13.3. The number of aliphatic hydroxyl groups is 1. The van der Waals surface area contributed by atoms with Crippen molar-refractivity contribution < 1.29 is 5.11 Å². The maximum atomic E-state index is 9.70. The van der Waals surface area contributed by atoms with Crippen molar-refractivity contribution >= 4 is 11.6 Å². The van der Waals surface area contributed by atoms with Gasteiger partial charge >= 0.3 is 0 Å². The van der Waals surface area contributed by atoms with E-state index in [1.165, 1.54) is 0 Å². The van der Waals surface area contributed by atoms with Crippen molar-refractivity contribution in [2.45, 2.75) is 46.3 Å². The first-order chi connectivity index (χ1) is 8.47. The molecule has 0 aliphatic rings. The van der Waals surface area contributed by atoms with Gasteiger partial charge in [-0.05, 0) is 25.3 Å². The quantitative estimate of drug-likeness (QED) is 0.749. The summed E-state index contributed by atoms with van der Waals surface area (Å²) in [5.41, 5.74) is 2.11. The highest BCUT2D eigenvalue weighted by molar-refractivity contribution is 6.30. The van der Waals surface area contributed by atoms with Crippen LogP contribution in [0.2, 0.25) is 5.15 Å². The summed E-state index contributed by atoms with van der Waals surface area (Å²) in [5, 5.41) is 18.1. The van der Waals surface area contributed by atoms with E-state index >= 15 is 0 Å². The van der Waals surface area contributed by atoms with E-state index in [4.69, 9.17) is 11.6 Å². The topological polar surface area (TPSA) is 50.1 Å². The van der Waals surface area contributed by atoms with E-state index in [-0.39, 0.29) is 6.10 Å². The summed E-state index contributed by atoms with van der Waals surface area (Å²) in [4.78, 5) is 0. The number of nitrogens with one attached hydrogen (secondary N) is 1. The zero-order valence-corrected chi connectivity index (χ0v) is 12.5. The molecular formula is C13H24ClN3O. The number of aryl methyl sites for hydroxylation is 2. The van der Waals surface area contributed by atoms with Crippen LogP contribution in [-0.2, 0) is 20.0 Å². The van der Waals surface area contributed by atoms with E-state index in [0.29, 0.717) is 17.6 Å². The van der Waals surface area contributed by atoms with Gasteiger partial charge in [-0.15, -0.1) is 0 Å². The molecule has 2 N–H and O–H groups in total. The molecule has 4 nitrogen and oxygen atoms in total. The summed E-state index contributed by atoms with van der Waals surface area (Å²) >= 11 is 6.20. The second-order valence-electron chi connectivity index (χ2n) is 4.97. The van der Waals surface area contributed by atoms with Gasteiger partial charge in [0, 0.05) is 19.2 Å². The summed E-state index contributed by atoms with van der Waals surface area (Å²) in [7, 11) is 1.85. The molecule has 0 aromatic carbocycles. The molecule has 0 radical (unpaired) electrons. The van der Waals surface area contributed by atoms with Gasteiger partial charge in [0.1, 0.15) is 5.15 Å². The van der Waals surface area contributed by atoms with Crippen LogP contribution in [-0.4, -0.2) is 27.5 Å². The average molecular weight is 274 g/mol. The second-order valence-corrected chi connectivity index (χ2v) is 5.33. The smallest absolute Gasteiger partial charge is 0.131 e. The molecule has 0 saturated carbocycles. The van der Waals surface area contributed by atoms with E-state index in [9.17, 15) is 5.11 Å². The molecule has 0 aliphatic carbocycles. The van der Waals surface area contributed by atoms with E-state index in [1.807, 2.05) is 20.9 Å². The van der Waals surface area contributed by atoms with Gasteiger partial charge < -0.3 is 10.4 Å². The third kappa shape index (κ3) is 3.97. The molecule has 0 aliphatic heterocycles. The highest BCUT2D eigenvalue weighted by Crippen LogP contribution is 2.19. The molecule has 1 aromatic rings. The van der Waals surface area contributed by atoms with E-state index in [2.05, 4.69) is 17.3 Å². The minimum atomic E-state index is -0.243. The largest absolute Gasteiger partial charge is 0.393 e. The minimum Gasteiger partial charge on any atom is -0.393 e. The van der Waals surface area contributed by atoms with Gasteiger partial charge in [-0.1, -0.05) is 32.4 Å². The first kappa shape index (κ1) is 15.5. The Morgan fingerprint density at radius 3 is 2.67 bits per heavy atom. The summed E-state index contributed by atoms with van der Waals surface area (Å²) in [6.07, 6.45) is 1.40. The standard InChI is InChI=1S/C13H24ClN3O/c1-5-11-10(13(14)17(4)16-11)8-15-7-6-12(18)9(2)3/h9,12,15,18H,5-8H2,1-4H3. The van der Waals surface area contributed by atoms with Crippen molar-refractivity contribution in [3.05, 3.63) is 16.4 Å². The van der Waals surface area contributed by atoms with E-state index in [1.54, 1.807) is 4.68 Å². The predicted octanol–water partition coefficient (Wildman–Crippen LogP) is 2.13. The van der Waals surface area contributed by atoms with Gasteiger partial charge in [0.25, 0.3) is 0 Å². The van der Waals surface area contributed by atoms with Gasteiger partial charge in [0.05, 0.1) is 11.8 Å². The highest BCUT2D eigenvalue weighted by atomic mass is 35.5. The van der Waals surface area contributed by atoms with Crippen molar-refractivity contribution in [3.8, 4) is 0 Å². The third-order valence-electron chi connectivity index (χ3n) is 3.18. The Bertz CT molecular complexity index is 377. The van der Waals surface area contributed by atoms with Gasteiger partial charge in [0.15, 0.2) is 0 Å². The number of hydrogen-bond donors (Lipinski definition) is 2. The molecule has 5 heteroatoms. The summed E-state index contributed by atoms with van der Waals surface area (Å²) < 4.78 is 1.71. The number of rotatable bonds is 7. The maximum absolute atomic E-state index is 9.70. The monoisotopic (exact) mass is 273 g/mol.